The van der Waals surface area contributed by atoms with Crippen LogP contribution in [0.5, 0.6) is 0 Å². The standard InChI is InChI=1S/C57H38N2/c1-2-17-40(18-3-1)57-56(58-51-28-14-15-35-59(51)57)39-32-30-38(31-33-39)52-43-20-6-10-24-47(43)54(48-25-11-7-21-44(48)52)55-49-26-12-8-22-45(49)53(46-23-9-13-27-50(46)55)42-34-29-37-16-4-5-19-41(37)36-42/h1-36,51,58H. The van der Waals surface area contributed by atoms with E-state index < -0.39 is 0 Å². The van der Waals surface area contributed by atoms with E-state index in [1.54, 1.807) is 0 Å². The minimum absolute atomic E-state index is 0.0825. The molecular formula is C57H38N2. The zero-order valence-electron chi connectivity index (χ0n) is 32.3. The number of rotatable bonds is 5. The lowest BCUT2D eigenvalue weighted by Gasteiger charge is -2.25. The molecule has 0 saturated heterocycles. The average Bonchev–Trinajstić information content (AvgIpc) is 3.70. The van der Waals surface area contributed by atoms with Crippen molar-refractivity contribution in [3.8, 4) is 33.4 Å². The lowest BCUT2D eigenvalue weighted by atomic mass is 9.81. The molecule has 0 radical (unpaired) electrons. The highest BCUT2D eigenvalue weighted by Gasteiger charge is 2.31. The molecule has 2 heteroatoms. The van der Waals surface area contributed by atoms with Gasteiger partial charge in [0.15, 0.2) is 0 Å². The normalized spacial score (nSPS) is 14.8. The Bertz CT molecular complexity index is 3290. The van der Waals surface area contributed by atoms with Gasteiger partial charge in [0.05, 0.1) is 11.4 Å². The van der Waals surface area contributed by atoms with Gasteiger partial charge in [-0.05, 0) is 111 Å². The average molecular weight is 751 g/mol. The lowest BCUT2D eigenvalue weighted by Crippen LogP contribution is -2.32. The topological polar surface area (TPSA) is 15.3 Å². The van der Waals surface area contributed by atoms with Crippen LogP contribution in [0.4, 0.5) is 0 Å². The molecule has 2 aliphatic heterocycles. The molecule has 1 atom stereocenters. The van der Waals surface area contributed by atoms with Gasteiger partial charge < -0.3 is 10.2 Å². The van der Waals surface area contributed by atoms with Crippen LogP contribution < -0.4 is 5.32 Å². The predicted molar refractivity (Wildman–Crippen MR) is 251 cm³/mol. The molecule has 0 aromatic heterocycles. The van der Waals surface area contributed by atoms with Gasteiger partial charge in [-0.15, -0.1) is 0 Å². The number of hydrogen-bond acceptors (Lipinski definition) is 2. The van der Waals surface area contributed by atoms with Crippen LogP contribution in [0.25, 0.3) is 98.6 Å². The second kappa shape index (κ2) is 13.5. The number of nitrogens with zero attached hydrogens (tertiary/aromatic N) is 1. The van der Waals surface area contributed by atoms with Crippen molar-refractivity contribution in [3.05, 3.63) is 230 Å². The number of fused-ring (bicyclic) bond motifs is 6. The minimum Gasteiger partial charge on any atom is -0.359 e. The zero-order chi connectivity index (χ0) is 38.9. The van der Waals surface area contributed by atoms with E-state index in [1.807, 2.05) is 0 Å². The summed E-state index contributed by atoms with van der Waals surface area (Å²) in [6.45, 7) is 0. The van der Waals surface area contributed by atoms with Crippen molar-refractivity contribution in [2.24, 2.45) is 0 Å². The zero-order valence-corrected chi connectivity index (χ0v) is 32.3. The van der Waals surface area contributed by atoms with Gasteiger partial charge in [-0.1, -0.05) is 194 Å². The molecule has 0 saturated carbocycles. The van der Waals surface area contributed by atoms with E-state index in [0.717, 1.165) is 5.70 Å². The van der Waals surface area contributed by atoms with E-state index in [-0.39, 0.29) is 6.17 Å². The molecule has 2 heterocycles. The third kappa shape index (κ3) is 5.27. The van der Waals surface area contributed by atoms with E-state index in [0.29, 0.717) is 0 Å². The SMILES string of the molecule is C1=CC2NC(c3ccc(-c4c5ccccc5c(-c5c6ccccc6c(-c6ccc7ccccc7c6)c6ccccc56)c5ccccc45)cc3)=C(c3ccccc3)N2C=C1. The van der Waals surface area contributed by atoms with Gasteiger partial charge in [0.2, 0.25) is 0 Å². The van der Waals surface area contributed by atoms with Crippen LogP contribution in [-0.4, -0.2) is 11.1 Å². The van der Waals surface area contributed by atoms with Crippen LogP contribution in [0.3, 0.4) is 0 Å². The maximum Gasteiger partial charge on any atom is 0.123 e. The number of allylic oxidation sites excluding steroid dienone is 2. The van der Waals surface area contributed by atoms with Gasteiger partial charge >= 0.3 is 0 Å². The number of nitrogens with one attached hydrogen (secondary N) is 1. The molecule has 12 rings (SSSR count). The summed E-state index contributed by atoms with van der Waals surface area (Å²) in [4.78, 5) is 2.33. The van der Waals surface area contributed by atoms with Gasteiger partial charge in [0.1, 0.15) is 6.17 Å². The van der Waals surface area contributed by atoms with Crippen molar-refractivity contribution in [1.29, 1.82) is 0 Å². The molecule has 276 valence electrons. The summed E-state index contributed by atoms with van der Waals surface area (Å²) in [6, 6.07) is 71.6. The highest BCUT2D eigenvalue weighted by Crippen LogP contribution is 2.50. The first-order valence-corrected chi connectivity index (χ1v) is 20.5. The second-order valence-corrected chi connectivity index (χ2v) is 15.6. The lowest BCUT2D eigenvalue weighted by molar-refractivity contribution is 0.443. The van der Waals surface area contributed by atoms with Gasteiger partial charge in [0, 0.05) is 11.8 Å². The Morgan fingerprint density at radius 2 is 0.780 bits per heavy atom. The molecule has 10 aromatic carbocycles. The maximum atomic E-state index is 3.82. The van der Waals surface area contributed by atoms with Crippen LogP contribution in [0, 0.1) is 0 Å². The molecular weight excluding hydrogens is 713 g/mol. The molecule has 0 spiro atoms. The fourth-order valence-corrected chi connectivity index (χ4v) is 9.85. The summed E-state index contributed by atoms with van der Waals surface area (Å²) in [6.07, 6.45) is 8.70. The highest BCUT2D eigenvalue weighted by atomic mass is 15.3. The van der Waals surface area contributed by atoms with E-state index in [2.05, 4.69) is 229 Å². The predicted octanol–water partition coefficient (Wildman–Crippen LogP) is 14.6. The summed E-state index contributed by atoms with van der Waals surface area (Å²) < 4.78 is 0. The first-order chi connectivity index (χ1) is 29.3. The van der Waals surface area contributed by atoms with E-state index in [4.69, 9.17) is 0 Å². The molecule has 0 fully saturated rings. The van der Waals surface area contributed by atoms with Gasteiger partial charge in [-0.3, -0.25) is 0 Å². The van der Waals surface area contributed by atoms with Crippen LogP contribution >= 0.6 is 0 Å². The van der Waals surface area contributed by atoms with Crippen LogP contribution in [0.15, 0.2) is 219 Å². The monoisotopic (exact) mass is 750 g/mol. The Labute approximate surface area is 343 Å². The Kier molecular flexibility index (Phi) is 7.64. The van der Waals surface area contributed by atoms with Crippen LogP contribution in [-0.2, 0) is 0 Å². The Morgan fingerprint density at radius 1 is 0.339 bits per heavy atom. The Morgan fingerprint density at radius 3 is 1.34 bits per heavy atom. The fourth-order valence-electron chi connectivity index (χ4n) is 9.85. The van der Waals surface area contributed by atoms with Crippen LogP contribution in [0.2, 0.25) is 0 Å². The summed E-state index contributed by atoms with van der Waals surface area (Å²) in [5.74, 6) is 0. The van der Waals surface area contributed by atoms with Gasteiger partial charge in [0.25, 0.3) is 0 Å². The third-order valence-electron chi connectivity index (χ3n) is 12.4. The minimum atomic E-state index is 0.0825. The van der Waals surface area contributed by atoms with Crippen molar-refractivity contribution >= 4 is 65.3 Å². The highest BCUT2D eigenvalue weighted by molar-refractivity contribution is 6.30. The van der Waals surface area contributed by atoms with Crippen molar-refractivity contribution in [2.45, 2.75) is 6.17 Å². The Balaban J connectivity index is 1.09. The first-order valence-electron chi connectivity index (χ1n) is 20.5. The largest absolute Gasteiger partial charge is 0.359 e. The van der Waals surface area contributed by atoms with Crippen molar-refractivity contribution in [1.82, 2.24) is 10.2 Å². The molecule has 0 bridgehead atoms. The maximum absolute atomic E-state index is 3.82. The summed E-state index contributed by atoms with van der Waals surface area (Å²) in [5, 5.41) is 16.4. The van der Waals surface area contributed by atoms with Crippen LogP contribution in [0.1, 0.15) is 11.1 Å². The van der Waals surface area contributed by atoms with Gasteiger partial charge in [-0.2, -0.15) is 0 Å². The number of hydrogen-bond donors (Lipinski definition) is 1. The third-order valence-corrected chi connectivity index (χ3v) is 12.4. The first kappa shape index (κ1) is 33.5. The quantitative estimate of drug-likeness (QED) is 0.176. The second-order valence-electron chi connectivity index (χ2n) is 15.6. The summed E-state index contributed by atoms with van der Waals surface area (Å²) in [7, 11) is 0. The fraction of sp³-hybridized carbons (Fsp3) is 0.0175. The molecule has 0 aliphatic carbocycles. The van der Waals surface area contributed by atoms with E-state index in [1.165, 1.54) is 104 Å². The summed E-state index contributed by atoms with van der Waals surface area (Å²) >= 11 is 0. The van der Waals surface area contributed by atoms with E-state index >= 15 is 0 Å². The number of benzene rings is 10. The molecule has 59 heavy (non-hydrogen) atoms. The van der Waals surface area contributed by atoms with Gasteiger partial charge in [-0.25, -0.2) is 0 Å². The summed E-state index contributed by atoms with van der Waals surface area (Å²) in [5.41, 5.74) is 12.2. The molecule has 2 aliphatic rings. The van der Waals surface area contributed by atoms with Crippen molar-refractivity contribution < 1.29 is 0 Å². The smallest absolute Gasteiger partial charge is 0.123 e. The molecule has 10 aromatic rings. The molecule has 0 amide bonds. The van der Waals surface area contributed by atoms with Crippen molar-refractivity contribution in [2.75, 3.05) is 0 Å². The Hall–Kier alpha value is -7.68. The molecule has 1 N–H and O–H groups in total. The molecule has 1 unspecified atom stereocenters. The molecule has 2 nitrogen and oxygen atoms in total. The van der Waals surface area contributed by atoms with Crippen molar-refractivity contribution in [3.63, 3.8) is 0 Å². The van der Waals surface area contributed by atoms with E-state index in [9.17, 15) is 0 Å².